The molecule has 6 N–H and O–H groups in total. The number of para-hydroxylation sites is 2. The van der Waals surface area contributed by atoms with Crippen molar-refractivity contribution in [3.05, 3.63) is 129 Å². The topological polar surface area (TPSA) is 280 Å². The largest absolute Gasteiger partial charge is 1.00 e. The normalized spacial score (nSPS) is 11.3. The van der Waals surface area contributed by atoms with Crippen LogP contribution in [0.2, 0.25) is 0 Å². The second-order valence-electron chi connectivity index (χ2n) is 10.8. The number of aryl methyl sites for hydroxylation is 2. The van der Waals surface area contributed by atoms with E-state index >= 15 is 0 Å². The van der Waals surface area contributed by atoms with E-state index in [-0.39, 0.29) is 109 Å². The molecule has 0 aliphatic carbocycles. The van der Waals surface area contributed by atoms with Gasteiger partial charge < -0.3 is 30.0 Å². The van der Waals surface area contributed by atoms with Crippen LogP contribution >= 0.6 is 0 Å². The molecule has 6 rings (SSSR count). The summed E-state index contributed by atoms with van der Waals surface area (Å²) in [5, 5.41) is 53.3. The monoisotopic (exact) mass is 833 g/mol. The second-order valence-corrected chi connectivity index (χ2v) is 13.9. The first-order chi connectivity index (χ1) is 24.5. The first kappa shape index (κ1) is 46.8. The molecule has 4 aromatic carbocycles. The quantitative estimate of drug-likeness (QED) is 0.0748. The summed E-state index contributed by atoms with van der Waals surface area (Å²) in [6.07, 6.45) is 0. The van der Waals surface area contributed by atoms with Crippen molar-refractivity contribution < 1.29 is 92.2 Å². The van der Waals surface area contributed by atoms with Crippen LogP contribution in [0, 0.1) is 13.8 Å². The van der Waals surface area contributed by atoms with Crippen molar-refractivity contribution in [3.8, 4) is 22.9 Å². The summed E-state index contributed by atoms with van der Waals surface area (Å²) in [5.41, 5.74) is 0.532. The molecular formula is C32H28CoLiN10NaO8S2. The smallest absolute Gasteiger partial charge is 0.506 e. The number of benzene rings is 4. The zero-order chi connectivity index (χ0) is 37.8. The molecule has 2 heterocycles. The predicted octanol–water partition coefficient (Wildman–Crippen LogP) is -1.94. The zero-order valence-corrected chi connectivity index (χ0v) is 34.1. The van der Waals surface area contributed by atoms with Crippen molar-refractivity contribution in [2.75, 3.05) is 0 Å². The number of phenolic OH excluding ortho intramolecular Hbond substituents is 2. The number of hydrogen-bond acceptors (Lipinski definition) is 14. The maximum Gasteiger partial charge on any atom is 1.00 e. The van der Waals surface area contributed by atoms with Crippen molar-refractivity contribution in [3.63, 3.8) is 0 Å². The molecule has 0 fully saturated rings. The number of phenols is 2. The Morgan fingerprint density at radius 2 is 0.945 bits per heavy atom. The summed E-state index contributed by atoms with van der Waals surface area (Å²) >= 11 is 0. The van der Waals surface area contributed by atoms with Gasteiger partial charge >= 0.3 is 48.4 Å². The van der Waals surface area contributed by atoms with Crippen molar-refractivity contribution in [1.29, 1.82) is 0 Å². The van der Waals surface area contributed by atoms with E-state index in [4.69, 9.17) is 10.3 Å². The number of azo groups is 2. The number of primary sulfonamides is 2. The van der Waals surface area contributed by atoms with Gasteiger partial charge in [0.15, 0.2) is 0 Å². The summed E-state index contributed by atoms with van der Waals surface area (Å²) in [5.74, 6) is -0.608. The molecule has 277 valence electrons. The van der Waals surface area contributed by atoms with Gasteiger partial charge in [0, 0.05) is 16.8 Å². The molecule has 23 heteroatoms. The Bertz CT molecular complexity index is 2500. The zero-order valence-electron chi connectivity index (χ0n) is 29.5. The Morgan fingerprint density at radius 1 is 0.618 bits per heavy atom. The third-order valence-corrected chi connectivity index (χ3v) is 8.87. The van der Waals surface area contributed by atoms with E-state index in [0.29, 0.717) is 22.8 Å². The van der Waals surface area contributed by atoms with Gasteiger partial charge in [0.1, 0.15) is 34.0 Å². The molecule has 1 radical (unpaired) electrons. The second kappa shape index (κ2) is 19.5. The maximum atomic E-state index is 12.5. The van der Waals surface area contributed by atoms with Crippen LogP contribution in [-0.2, 0) is 36.8 Å². The average molecular weight is 834 g/mol. The summed E-state index contributed by atoms with van der Waals surface area (Å²) in [7, 11) is -7.93. The standard InChI is InChI=1S/2C16H14N5O4S.Co.Li.Na/c2*1-10-15(16(23)21(20-10)11-5-3-2-4-6-11)19-18-13-9-12(26(17,24)25)7-8-14(13)22;;;/h2*2-9,22H,1H3,(H2,17,24,25);;;/q2*-1;;2*+1. The SMILES string of the molecule is Cc1nn(-c2ccccc2)c(=O)[c-]1N=Nc1cc(S(N)(=O)=O)ccc1O.Cc1nn(-c2ccccc2)c(=O)[c-]1N=Nc1cc(S(N)(=O)=O)ccc1O.[Co].[Li+].[Na+]. The van der Waals surface area contributed by atoms with Gasteiger partial charge in [-0.2, -0.15) is 10.2 Å². The summed E-state index contributed by atoms with van der Waals surface area (Å²) in [4.78, 5) is 24.5. The number of rotatable bonds is 8. The number of sulfonamides is 2. The molecule has 0 aliphatic heterocycles. The van der Waals surface area contributed by atoms with Crippen molar-refractivity contribution in [1.82, 2.24) is 19.6 Å². The van der Waals surface area contributed by atoms with Crippen LogP contribution in [-0.4, -0.2) is 46.6 Å². The fraction of sp³-hybridized carbons (Fsp3) is 0.0625. The van der Waals surface area contributed by atoms with Crippen LogP contribution < -0.4 is 69.8 Å². The Labute approximate surface area is 358 Å². The molecule has 6 aromatic rings. The number of nitrogens with two attached hydrogens (primary N) is 2. The van der Waals surface area contributed by atoms with Crippen molar-refractivity contribution in [2.45, 2.75) is 23.6 Å². The van der Waals surface area contributed by atoms with Crippen LogP contribution in [0.1, 0.15) is 11.4 Å². The summed E-state index contributed by atoms with van der Waals surface area (Å²) in [6, 6.07) is 24.2. The molecule has 18 nitrogen and oxygen atoms in total. The minimum absolute atomic E-state index is 0. The maximum absolute atomic E-state index is 12.5. The summed E-state index contributed by atoms with van der Waals surface area (Å²) in [6.45, 7) is 3.19. The van der Waals surface area contributed by atoms with E-state index in [9.17, 15) is 36.6 Å². The van der Waals surface area contributed by atoms with E-state index in [2.05, 4.69) is 30.7 Å². The van der Waals surface area contributed by atoms with Crippen LogP contribution in [0.4, 0.5) is 22.7 Å². The first-order valence-electron chi connectivity index (χ1n) is 14.7. The Morgan fingerprint density at radius 3 is 1.25 bits per heavy atom. The van der Waals surface area contributed by atoms with Gasteiger partial charge in [-0.3, -0.25) is 0 Å². The number of aromatic nitrogens is 4. The summed E-state index contributed by atoms with van der Waals surface area (Å²) < 4.78 is 48.0. The molecule has 0 amide bonds. The van der Waals surface area contributed by atoms with Gasteiger partial charge in [-0.1, -0.05) is 61.6 Å². The molecule has 0 spiro atoms. The number of nitrogens with zero attached hydrogens (tertiary/aromatic N) is 8. The Hall–Kier alpha value is -4.38. The molecule has 0 bridgehead atoms. The fourth-order valence-electron chi connectivity index (χ4n) is 4.44. The molecule has 55 heavy (non-hydrogen) atoms. The fourth-order valence-corrected chi connectivity index (χ4v) is 5.51. The Balaban J connectivity index is 0.000000360. The number of hydrogen-bond donors (Lipinski definition) is 4. The average Bonchev–Trinajstić information content (AvgIpc) is 3.56. The molecule has 0 aliphatic rings. The first-order valence-corrected chi connectivity index (χ1v) is 17.8. The van der Waals surface area contributed by atoms with Crippen molar-refractivity contribution in [2.24, 2.45) is 30.7 Å². The van der Waals surface area contributed by atoms with Crippen LogP contribution in [0.15, 0.2) is 137 Å². The predicted molar refractivity (Wildman–Crippen MR) is 188 cm³/mol. The van der Waals surface area contributed by atoms with Gasteiger partial charge in [0.2, 0.25) is 20.0 Å². The third-order valence-electron chi connectivity index (χ3n) is 7.04. The number of aromatic hydroxyl groups is 2. The molecular weight excluding hydrogens is 805 g/mol. The minimum atomic E-state index is -3.96. The molecule has 2 aromatic heterocycles. The molecule has 0 saturated heterocycles. The van der Waals surface area contributed by atoms with Gasteiger partial charge in [0.25, 0.3) is 0 Å². The van der Waals surface area contributed by atoms with Gasteiger partial charge in [-0.25, -0.2) is 46.7 Å². The van der Waals surface area contributed by atoms with Gasteiger partial charge in [-0.05, 0) is 60.7 Å². The molecule has 0 saturated carbocycles. The van der Waals surface area contributed by atoms with E-state index in [1.165, 1.54) is 9.36 Å². The van der Waals surface area contributed by atoms with Crippen LogP contribution in [0.3, 0.4) is 0 Å². The minimum Gasteiger partial charge on any atom is -0.506 e. The van der Waals surface area contributed by atoms with E-state index in [1.807, 2.05) is 12.1 Å². The van der Waals surface area contributed by atoms with Gasteiger partial charge in [0.05, 0.1) is 21.2 Å². The van der Waals surface area contributed by atoms with Crippen molar-refractivity contribution >= 4 is 42.8 Å². The molecule has 0 atom stereocenters. The van der Waals surface area contributed by atoms with E-state index in [0.717, 1.165) is 36.4 Å². The van der Waals surface area contributed by atoms with Gasteiger partial charge in [-0.15, -0.1) is 11.4 Å². The Kier molecular flexibility index (Phi) is 16.6. The van der Waals surface area contributed by atoms with E-state index in [1.54, 1.807) is 62.4 Å². The third kappa shape index (κ3) is 11.3. The van der Waals surface area contributed by atoms with Crippen LogP contribution in [0.5, 0.6) is 11.5 Å². The van der Waals surface area contributed by atoms with Crippen LogP contribution in [0.25, 0.3) is 11.4 Å². The van der Waals surface area contributed by atoms with E-state index < -0.39 is 31.2 Å². The molecule has 0 unspecified atom stereocenters.